The SMILES string of the molecule is COc1ccc(-c2cnco2)cc1N=Cc1cc(Cl)cs1. The van der Waals surface area contributed by atoms with Crippen LogP contribution in [0.4, 0.5) is 5.69 Å². The summed E-state index contributed by atoms with van der Waals surface area (Å²) in [5.41, 5.74) is 1.61. The zero-order valence-corrected chi connectivity index (χ0v) is 12.7. The lowest BCUT2D eigenvalue weighted by Gasteiger charge is -2.05. The second-order valence-corrected chi connectivity index (χ2v) is 5.56. The van der Waals surface area contributed by atoms with Gasteiger partial charge in [0, 0.05) is 22.0 Å². The van der Waals surface area contributed by atoms with Crippen molar-refractivity contribution in [1.82, 2.24) is 4.98 Å². The van der Waals surface area contributed by atoms with Crippen LogP contribution in [0.3, 0.4) is 0 Å². The van der Waals surface area contributed by atoms with Gasteiger partial charge in [-0.1, -0.05) is 11.6 Å². The molecule has 0 aliphatic carbocycles. The Labute approximate surface area is 130 Å². The lowest BCUT2D eigenvalue weighted by atomic mass is 10.1. The molecule has 0 aliphatic rings. The molecule has 3 rings (SSSR count). The minimum Gasteiger partial charge on any atom is -0.494 e. The van der Waals surface area contributed by atoms with Crippen molar-refractivity contribution in [3.63, 3.8) is 0 Å². The van der Waals surface area contributed by atoms with E-state index in [4.69, 9.17) is 20.8 Å². The molecule has 3 aromatic rings. The van der Waals surface area contributed by atoms with Gasteiger partial charge in [-0.3, -0.25) is 4.99 Å². The first-order valence-electron chi connectivity index (χ1n) is 6.11. The molecule has 0 unspecified atom stereocenters. The van der Waals surface area contributed by atoms with E-state index in [0.717, 1.165) is 16.1 Å². The van der Waals surface area contributed by atoms with Gasteiger partial charge >= 0.3 is 0 Å². The van der Waals surface area contributed by atoms with E-state index in [1.54, 1.807) is 19.5 Å². The summed E-state index contributed by atoms with van der Waals surface area (Å²) in [5.74, 6) is 1.38. The standard InChI is InChI=1S/C15H11ClN2O2S/c1-19-14-3-2-10(15-7-17-9-20-15)4-13(14)18-6-12-5-11(16)8-21-12/h2-9H,1H3. The summed E-state index contributed by atoms with van der Waals surface area (Å²) in [6, 6.07) is 7.51. The molecule has 6 heteroatoms. The molecule has 1 aromatic carbocycles. The fourth-order valence-corrected chi connectivity index (χ4v) is 2.77. The highest BCUT2D eigenvalue weighted by molar-refractivity contribution is 7.12. The van der Waals surface area contributed by atoms with Gasteiger partial charge in [-0.15, -0.1) is 11.3 Å². The number of ether oxygens (including phenoxy) is 1. The summed E-state index contributed by atoms with van der Waals surface area (Å²) in [5, 5.41) is 2.58. The van der Waals surface area contributed by atoms with Crippen LogP contribution in [0, 0.1) is 0 Å². The number of rotatable bonds is 4. The fourth-order valence-electron chi connectivity index (χ4n) is 1.83. The second kappa shape index (κ2) is 6.11. The molecule has 106 valence electrons. The predicted molar refractivity (Wildman–Crippen MR) is 85.1 cm³/mol. The van der Waals surface area contributed by atoms with Crippen LogP contribution >= 0.6 is 22.9 Å². The zero-order chi connectivity index (χ0) is 14.7. The van der Waals surface area contributed by atoms with Crippen molar-refractivity contribution < 1.29 is 9.15 Å². The van der Waals surface area contributed by atoms with Crippen molar-refractivity contribution in [1.29, 1.82) is 0 Å². The smallest absolute Gasteiger partial charge is 0.181 e. The predicted octanol–water partition coefficient (Wildman–Crippen LogP) is 4.82. The van der Waals surface area contributed by atoms with Crippen LogP contribution < -0.4 is 4.74 Å². The maximum absolute atomic E-state index is 5.90. The van der Waals surface area contributed by atoms with Crippen LogP contribution in [-0.2, 0) is 0 Å². The maximum atomic E-state index is 5.90. The Kier molecular flexibility index (Phi) is 4.03. The van der Waals surface area contributed by atoms with Gasteiger partial charge in [0.1, 0.15) is 11.4 Å². The molecule has 0 saturated heterocycles. The Bertz CT molecular complexity index is 766. The van der Waals surface area contributed by atoms with Crippen LogP contribution in [0.15, 0.2) is 51.6 Å². The van der Waals surface area contributed by atoms with Gasteiger partial charge in [0.05, 0.1) is 18.3 Å². The number of thiophene rings is 1. The molecule has 0 amide bonds. The molecule has 21 heavy (non-hydrogen) atoms. The van der Waals surface area contributed by atoms with Crippen LogP contribution in [0.1, 0.15) is 4.88 Å². The quantitative estimate of drug-likeness (QED) is 0.648. The Morgan fingerprint density at radius 2 is 2.29 bits per heavy atom. The van der Waals surface area contributed by atoms with Crippen LogP contribution in [0.25, 0.3) is 11.3 Å². The fraction of sp³-hybridized carbons (Fsp3) is 0.0667. The van der Waals surface area contributed by atoms with Crippen molar-refractivity contribution >= 4 is 34.8 Å². The Morgan fingerprint density at radius 1 is 1.38 bits per heavy atom. The summed E-state index contributed by atoms with van der Waals surface area (Å²) in [7, 11) is 1.62. The van der Waals surface area contributed by atoms with Gasteiger partial charge in [0.15, 0.2) is 12.2 Å². The molecule has 0 fully saturated rings. The third-order valence-electron chi connectivity index (χ3n) is 2.81. The zero-order valence-electron chi connectivity index (χ0n) is 11.1. The number of nitrogens with zero attached hydrogens (tertiary/aromatic N) is 2. The van der Waals surface area contributed by atoms with E-state index in [1.165, 1.54) is 17.7 Å². The van der Waals surface area contributed by atoms with E-state index >= 15 is 0 Å². The summed E-state index contributed by atoms with van der Waals surface area (Å²) in [4.78, 5) is 9.37. The summed E-state index contributed by atoms with van der Waals surface area (Å²) in [6.07, 6.45) is 4.82. The molecule has 0 saturated carbocycles. The van der Waals surface area contributed by atoms with Gasteiger partial charge in [0.2, 0.25) is 0 Å². The largest absolute Gasteiger partial charge is 0.494 e. The van der Waals surface area contributed by atoms with E-state index in [2.05, 4.69) is 9.98 Å². The monoisotopic (exact) mass is 318 g/mol. The highest BCUT2D eigenvalue weighted by Gasteiger charge is 2.07. The molecular formula is C15H11ClN2O2S. The molecule has 0 radical (unpaired) electrons. The van der Waals surface area contributed by atoms with Crippen molar-refractivity contribution in [2.24, 2.45) is 4.99 Å². The molecule has 0 bridgehead atoms. The molecule has 0 spiro atoms. The van der Waals surface area contributed by atoms with Gasteiger partial charge in [0.25, 0.3) is 0 Å². The van der Waals surface area contributed by atoms with Crippen molar-refractivity contribution in [3.05, 3.63) is 52.1 Å². The molecule has 2 aromatic heterocycles. The van der Waals surface area contributed by atoms with Gasteiger partial charge < -0.3 is 9.15 Å². The van der Waals surface area contributed by atoms with E-state index in [9.17, 15) is 0 Å². The molecule has 2 heterocycles. The van der Waals surface area contributed by atoms with Crippen LogP contribution in [-0.4, -0.2) is 18.3 Å². The van der Waals surface area contributed by atoms with E-state index in [1.807, 2.05) is 29.6 Å². The lowest BCUT2D eigenvalue weighted by Crippen LogP contribution is -1.85. The average molecular weight is 319 g/mol. The van der Waals surface area contributed by atoms with Crippen LogP contribution in [0.2, 0.25) is 5.02 Å². The van der Waals surface area contributed by atoms with Gasteiger partial charge in [-0.25, -0.2) is 4.98 Å². The third-order valence-corrected chi connectivity index (χ3v) is 4.03. The molecule has 0 N–H and O–H groups in total. The third kappa shape index (κ3) is 3.15. The Hall–Kier alpha value is -2.11. The van der Waals surface area contributed by atoms with E-state index < -0.39 is 0 Å². The number of hydrogen-bond acceptors (Lipinski definition) is 5. The summed E-state index contributed by atoms with van der Waals surface area (Å²) < 4.78 is 10.6. The minimum atomic E-state index is 0.688. The number of oxazole rings is 1. The lowest BCUT2D eigenvalue weighted by molar-refractivity contribution is 0.416. The molecule has 0 aliphatic heterocycles. The van der Waals surface area contributed by atoms with E-state index in [-0.39, 0.29) is 0 Å². The highest BCUT2D eigenvalue weighted by atomic mass is 35.5. The Morgan fingerprint density at radius 3 is 2.95 bits per heavy atom. The Balaban J connectivity index is 1.95. The minimum absolute atomic E-state index is 0.688. The number of halogens is 1. The summed E-state index contributed by atoms with van der Waals surface area (Å²) >= 11 is 7.43. The average Bonchev–Trinajstić information content (AvgIpc) is 3.16. The second-order valence-electron chi connectivity index (χ2n) is 4.18. The van der Waals surface area contributed by atoms with Gasteiger partial charge in [-0.05, 0) is 24.3 Å². The molecule has 4 nitrogen and oxygen atoms in total. The first-order valence-corrected chi connectivity index (χ1v) is 7.37. The van der Waals surface area contributed by atoms with Crippen molar-refractivity contribution in [3.8, 4) is 17.1 Å². The number of benzene rings is 1. The molecule has 0 atom stereocenters. The van der Waals surface area contributed by atoms with Gasteiger partial charge in [-0.2, -0.15) is 0 Å². The topological polar surface area (TPSA) is 47.6 Å². The maximum Gasteiger partial charge on any atom is 0.181 e. The summed E-state index contributed by atoms with van der Waals surface area (Å²) in [6.45, 7) is 0. The normalized spacial score (nSPS) is 11.1. The van der Waals surface area contributed by atoms with Crippen molar-refractivity contribution in [2.45, 2.75) is 0 Å². The molecular weight excluding hydrogens is 308 g/mol. The first kappa shape index (κ1) is 13.9. The first-order chi connectivity index (χ1) is 10.3. The number of aliphatic imine (C=N–C) groups is 1. The van der Waals surface area contributed by atoms with Crippen molar-refractivity contribution in [2.75, 3.05) is 7.11 Å². The number of hydrogen-bond donors (Lipinski definition) is 0. The van der Waals surface area contributed by atoms with E-state index in [0.29, 0.717) is 16.5 Å². The number of aromatic nitrogens is 1. The number of methoxy groups -OCH3 is 1. The van der Waals surface area contributed by atoms with Crippen LogP contribution in [0.5, 0.6) is 5.75 Å². The highest BCUT2D eigenvalue weighted by Crippen LogP contribution is 2.32.